The zero-order valence-corrected chi connectivity index (χ0v) is 18.5. The van der Waals surface area contributed by atoms with E-state index in [0.29, 0.717) is 0 Å². The molecule has 24 heavy (non-hydrogen) atoms. The molecule has 0 saturated carbocycles. The SMILES string of the molecule is [CH3][Ti]([CH3])(=[SiH2])([Cl])([Cl])([CH]1C=Cc2ccccc21)[CH]1C=Cc2ccccc21. The molecule has 0 heterocycles. The summed E-state index contributed by atoms with van der Waals surface area (Å²) in [4.78, 5) is 0. The van der Waals surface area contributed by atoms with Gasteiger partial charge in [0.25, 0.3) is 0 Å². The van der Waals surface area contributed by atoms with E-state index in [-0.39, 0.29) is 8.45 Å². The number of hydrogen-bond acceptors (Lipinski definition) is 0. The second-order valence-electron chi connectivity index (χ2n) is 9.40. The van der Waals surface area contributed by atoms with Crippen LogP contribution in [-0.2, 0) is 9.36 Å². The molecule has 2 atom stereocenters. The van der Waals surface area contributed by atoms with Crippen LogP contribution in [0.25, 0.3) is 12.2 Å². The Kier molecular flexibility index (Phi) is 2.85. The molecule has 2 aromatic rings. The van der Waals surface area contributed by atoms with Gasteiger partial charge in [0.2, 0.25) is 0 Å². The minimum absolute atomic E-state index is 0.0431. The van der Waals surface area contributed by atoms with Crippen molar-refractivity contribution < 1.29 is 9.36 Å². The molecule has 124 valence electrons. The summed E-state index contributed by atoms with van der Waals surface area (Å²) in [6.07, 6.45) is 8.84. The molecule has 0 bridgehead atoms. The Morgan fingerprint density at radius 2 is 1.12 bits per heavy atom. The Morgan fingerprint density at radius 3 is 1.54 bits per heavy atom. The van der Waals surface area contributed by atoms with Crippen molar-refractivity contribution >= 4 is 38.4 Å². The van der Waals surface area contributed by atoms with Gasteiger partial charge in [0.1, 0.15) is 0 Å². The second-order valence-corrected chi connectivity index (χ2v) is 55.5. The van der Waals surface area contributed by atoms with Gasteiger partial charge < -0.3 is 0 Å². The molecule has 0 nitrogen and oxygen atoms in total. The van der Waals surface area contributed by atoms with E-state index in [1.807, 2.05) is 7.63 Å². The zero-order valence-electron chi connectivity index (χ0n) is 14.0. The molecular formula is C20H22Cl2SiTi. The first-order valence-corrected chi connectivity index (χ1v) is 21.7. The fraction of sp³-hybridized carbons (Fsp3) is 0.200. The monoisotopic (exact) mass is 408 g/mol. The van der Waals surface area contributed by atoms with Crippen LogP contribution in [0, 0.1) is 0 Å². The van der Waals surface area contributed by atoms with Crippen LogP contribution >= 0.6 is 18.6 Å². The topological polar surface area (TPSA) is 0 Å². The van der Waals surface area contributed by atoms with E-state index in [0.717, 1.165) is 0 Å². The van der Waals surface area contributed by atoms with Crippen molar-refractivity contribution in [2.24, 2.45) is 0 Å². The maximum absolute atomic E-state index is 7.82. The molecule has 0 aliphatic heterocycles. The van der Waals surface area contributed by atoms with Crippen molar-refractivity contribution in [2.45, 2.75) is 18.9 Å². The molecular weight excluding hydrogens is 387 g/mol. The predicted molar refractivity (Wildman–Crippen MR) is 108 cm³/mol. The summed E-state index contributed by atoms with van der Waals surface area (Å²) in [5.74, 6) is 0. The number of benzene rings is 2. The quantitative estimate of drug-likeness (QED) is 0.516. The predicted octanol–water partition coefficient (Wildman–Crippen LogP) is 6.24. The molecule has 0 saturated heterocycles. The summed E-state index contributed by atoms with van der Waals surface area (Å²) in [6.45, 7) is 0. The van der Waals surface area contributed by atoms with Crippen LogP contribution in [0.15, 0.2) is 60.7 Å². The van der Waals surface area contributed by atoms with Gasteiger partial charge in [0.05, 0.1) is 0 Å². The van der Waals surface area contributed by atoms with E-state index >= 15 is 0 Å². The molecule has 0 amide bonds. The van der Waals surface area contributed by atoms with E-state index in [2.05, 4.69) is 83.3 Å². The van der Waals surface area contributed by atoms with Gasteiger partial charge in [0.15, 0.2) is 0 Å². The van der Waals surface area contributed by atoms with Crippen molar-refractivity contribution in [2.75, 3.05) is 0 Å². The fourth-order valence-corrected chi connectivity index (χ4v) is 18.9. The van der Waals surface area contributed by atoms with Gasteiger partial charge in [-0.3, -0.25) is 0 Å². The number of allylic oxidation sites excluding steroid dienone is 2. The van der Waals surface area contributed by atoms with Crippen molar-refractivity contribution in [3.05, 3.63) is 82.9 Å². The summed E-state index contributed by atoms with van der Waals surface area (Å²) in [7, 11) is 12.5. The molecule has 0 spiro atoms. The Bertz CT molecular complexity index is 979. The van der Waals surface area contributed by atoms with Crippen LogP contribution in [0.2, 0.25) is 10.5 Å². The molecule has 0 radical (unpaired) electrons. The molecule has 4 heteroatoms. The molecule has 2 aliphatic rings. The Hall–Kier alpha value is -0.569. The van der Waals surface area contributed by atoms with Crippen molar-refractivity contribution in [3.8, 4) is 0 Å². The number of halogens is 2. The second kappa shape index (κ2) is 4.05. The summed E-state index contributed by atoms with van der Waals surface area (Å²) < 4.78 is 0.0862. The summed E-state index contributed by atoms with van der Waals surface area (Å²) in [6, 6.07) is 17.0. The van der Waals surface area contributed by atoms with E-state index in [4.69, 9.17) is 18.6 Å². The van der Waals surface area contributed by atoms with Gasteiger partial charge >= 0.3 is 150 Å². The van der Waals surface area contributed by atoms with Gasteiger partial charge in [-0.15, -0.1) is 0 Å². The van der Waals surface area contributed by atoms with Gasteiger partial charge in [-0.05, 0) is 0 Å². The molecule has 4 rings (SSSR count). The van der Waals surface area contributed by atoms with E-state index < -0.39 is 9.36 Å². The fourth-order valence-electron chi connectivity index (χ4n) is 4.73. The Labute approximate surface area is 148 Å². The van der Waals surface area contributed by atoms with Gasteiger partial charge in [-0.25, -0.2) is 0 Å². The number of rotatable bonds is 2. The average Bonchev–Trinajstić information content (AvgIpc) is 3.11. The van der Waals surface area contributed by atoms with Crippen molar-refractivity contribution in [1.29, 1.82) is 0 Å². The van der Waals surface area contributed by atoms with E-state index in [1.165, 1.54) is 22.3 Å². The van der Waals surface area contributed by atoms with Gasteiger partial charge in [-0.1, -0.05) is 0 Å². The molecule has 0 fully saturated rings. The van der Waals surface area contributed by atoms with Crippen LogP contribution in [0.3, 0.4) is 0 Å². The van der Waals surface area contributed by atoms with E-state index in [9.17, 15) is 0 Å². The maximum atomic E-state index is 7.82. The molecule has 0 aromatic heterocycles. The van der Waals surface area contributed by atoms with E-state index in [1.54, 1.807) is 0 Å². The summed E-state index contributed by atoms with van der Waals surface area (Å²) in [5.41, 5.74) is 4.99. The molecule has 0 N–H and O–H groups in total. The zero-order chi connectivity index (χ0) is 17.3. The number of hydrogen-bond donors (Lipinski definition) is 0. The first-order chi connectivity index (χ1) is 10.9. The molecule has 2 aliphatic carbocycles. The first kappa shape index (κ1) is 16.9. The van der Waals surface area contributed by atoms with Gasteiger partial charge in [-0.2, -0.15) is 0 Å². The average molecular weight is 409 g/mol. The van der Waals surface area contributed by atoms with Crippen molar-refractivity contribution in [3.63, 3.8) is 0 Å². The van der Waals surface area contributed by atoms with Crippen LogP contribution in [0.5, 0.6) is 0 Å². The Morgan fingerprint density at radius 1 is 0.750 bits per heavy atom. The van der Waals surface area contributed by atoms with Crippen LogP contribution in [-0.4, -0.2) is 7.63 Å². The Balaban J connectivity index is 2.03. The standard InChI is InChI=1S/2C9H7.2CH3.2ClH.H2Si.Ti/c2*1-2-5-9-7-3-6-8(9)4-1;;;;;;/h2*1-7H;2*1H3;2*1H;1H2;/q;;;;;;;+2/p-2. The molecule has 2 aromatic carbocycles. The normalized spacial score (nSPS) is 26.1. The number of fused-ring (bicyclic) bond motifs is 2. The third-order valence-corrected chi connectivity index (χ3v) is 23.0. The molecule has 2 unspecified atom stereocenters. The third-order valence-electron chi connectivity index (χ3n) is 6.11. The van der Waals surface area contributed by atoms with Crippen LogP contribution in [0.1, 0.15) is 30.7 Å². The van der Waals surface area contributed by atoms with Crippen molar-refractivity contribution in [1.82, 2.24) is 0 Å². The summed E-state index contributed by atoms with van der Waals surface area (Å²) in [5, 5.41) is 4.38. The summed E-state index contributed by atoms with van der Waals surface area (Å²) >= 11 is 0. The first-order valence-electron chi connectivity index (χ1n) is 8.45. The third kappa shape index (κ3) is 2.22. The van der Waals surface area contributed by atoms with Crippen LogP contribution < -0.4 is 0 Å². The van der Waals surface area contributed by atoms with Gasteiger partial charge in [0, 0.05) is 0 Å². The van der Waals surface area contributed by atoms with Crippen LogP contribution in [0.4, 0.5) is 0 Å². The minimum atomic E-state index is -5.07.